The summed E-state index contributed by atoms with van der Waals surface area (Å²) in [6, 6.07) is 9.84. The second kappa shape index (κ2) is 7.04. The highest BCUT2D eigenvalue weighted by atomic mass is 32.2. The van der Waals surface area contributed by atoms with Crippen LogP contribution in [0.4, 0.5) is 0 Å². The molecule has 6 nitrogen and oxygen atoms in total. The normalized spacial score (nSPS) is 17.8. The zero-order valence-electron chi connectivity index (χ0n) is 14.1. The lowest BCUT2D eigenvalue weighted by Crippen LogP contribution is -2.34. The van der Waals surface area contributed by atoms with Gasteiger partial charge in [-0.05, 0) is 32.0 Å². The van der Waals surface area contributed by atoms with Gasteiger partial charge in [0, 0.05) is 31.7 Å². The molecule has 1 aliphatic heterocycles. The first-order valence-electron chi connectivity index (χ1n) is 8.12. The molecule has 0 unspecified atom stereocenters. The second-order valence-corrected chi connectivity index (χ2v) is 8.16. The van der Waals surface area contributed by atoms with E-state index in [9.17, 15) is 8.42 Å². The highest BCUT2D eigenvalue weighted by Gasteiger charge is 2.22. The molecule has 0 N–H and O–H groups in total. The second-order valence-electron chi connectivity index (χ2n) is 6.18. The van der Waals surface area contributed by atoms with Crippen LogP contribution in [0.1, 0.15) is 17.9 Å². The van der Waals surface area contributed by atoms with Crippen molar-refractivity contribution in [3.8, 4) is 11.5 Å². The predicted octanol–water partition coefficient (Wildman–Crippen LogP) is 2.12. The van der Waals surface area contributed by atoms with Crippen molar-refractivity contribution < 1.29 is 12.8 Å². The van der Waals surface area contributed by atoms with E-state index in [4.69, 9.17) is 4.42 Å². The quantitative estimate of drug-likeness (QED) is 0.846. The first kappa shape index (κ1) is 17.1. The highest BCUT2D eigenvalue weighted by molar-refractivity contribution is 7.88. The van der Waals surface area contributed by atoms with Crippen molar-refractivity contribution in [2.75, 3.05) is 32.4 Å². The molecule has 1 aromatic carbocycles. The Hall–Kier alpha value is -1.70. The smallest absolute Gasteiger partial charge is 0.226 e. The Balaban J connectivity index is 1.69. The Morgan fingerprint density at radius 2 is 1.88 bits per heavy atom. The number of nitrogens with zero attached hydrogens (tertiary/aromatic N) is 3. The zero-order valence-corrected chi connectivity index (χ0v) is 14.9. The molecular weight excluding hydrogens is 326 g/mol. The van der Waals surface area contributed by atoms with Crippen molar-refractivity contribution in [1.29, 1.82) is 0 Å². The summed E-state index contributed by atoms with van der Waals surface area (Å²) in [5, 5.41) is 0. The summed E-state index contributed by atoms with van der Waals surface area (Å²) in [4.78, 5) is 6.87. The van der Waals surface area contributed by atoms with Crippen LogP contribution in [0.3, 0.4) is 0 Å². The molecule has 7 heteroatoms. The molecule has 1 saturated heterocycles. The van der Waals surface area contributed by atoms with E-state index < -0.39 is 10.0 Å². The van der Waals surface area contributed by atoms with Gasteiger partial charge < -0.3 is 4.42 Å². The Kier molecular flexibility index (Phi) is 5.03. The molecule has 0 bridgehead atoms. The summed E-state index contributed by atoms with van der Waals surface area (Å²) in [6.45, 7) is 5.29. The van der Waals surface area contributed by atoms with Crippen LogP contribution < -0.4 is 0 Å². The van der Waals surface area contributed by atoms with E-state index in [1.165, 1.54) is 6.26 Å². The van der Waals surface area contributed by atoms with Gasteiger partial charge in [0.05, 0.1) is 11.9 Å². The number of aryl methyl sites for hydroxylation is 1. The number of sulfonamides is 1. The summed E-state index contributed by atoms with van der Waals surface area (Å²) >= 11 is 0. The number of rotatable bonds is 4. The van der Waals surface area contributed by atoms with Crippen LogP contribution in [-0.4, -0.2) is 55.0 Å². The van der Waals surface area contributed by atoms with E-state index in [0.29, 0.717) is 32.1 Å². The fourth-order valence-electron chi connectivity index (χ4n) is 2.93. The summed E-state index contributed by atoms with van der Waals surface area (Å²) in [7, 11) is -3.11. The van der Waals surface area contributed by atoms with E-state index >= 15 is 0 Å². The zero-order chi connectivity index (χ0) is 17.2. The van der Waals surface area contributed by atoms with Gasteiger partial charge in [-0.1, -0.05) is 18.2 Å². The Labute approximate surface area is 143 Å². The fourth-order valence-corrected chi connectivity index (χ4v) is 3.80. The van der Waals surface area contributed by atoms with Gasteiger partial charge in [0.25, 0.3) is 0 Å². The van der Waals surface area contributed by atoms with Crippen LogP contribution in [0.2, 0.25) is 0 Å². The lowest BCUT2D eigenvalue weighted by molar-refractivity contribution is 0.274. The van der Waals surface area contributed by atoms with E-state index in [-0.39, 0.29) is 0 Å². The highest BCUT2D eigenvalue weighted by Crippen LogP contribution is 2.22. The van der Waals surface area contributed by atoms with Gasteiger partial charge in [0.1, 0.15) is 5.76 Å². The van der Waals surface area contributed by atoms with Crippen LogP contribution >= 0.6 is 0 Å². The van der Waals surface area contributed by atoms with E-state index in [2.05, 4.69) is 9.88 Å². The number of aromatic nitrogens is 1. The van der Waals surface area contributed by atoms with Crippen molar-refractivity contribution in [2.24, 2.45) is 0 Å². The minimum Gasteiger partial charge on any atom is -0.441 e. The summed E-state index contributed by atoms with van der Waals surface area (Å²) in [5.41, 5.74) is 1.88. The molecule has 0 aliphatic carbocycles. The summed E-state index contributed by atoms with van der Waals surface area (Å²) in [6.07, 6.45) is 2.10. The van der Waals surface area contributed by atoms with Crippen molar-refractivity contribution in [1.82, 2.24) is 14.2 Å². The van der Waals surface area contributed by atoms with Gasteiger partial charge in [-0.2, -0.15) is 0 Å². The predicted molar refractivity (Wildman–Crippen MR) is 93.0 cm³/mol. The average Bonchev–Trinajstić information content (AvgIpc) is 2.75. The van der Waals surface area contributed by atoms with Gasteiger partial charge in [-0.25, -0.2) is 17.7 Å². The Morgan fingerprint density at radius 3 is 2.58 bits per heavy atom. The molecule has 1 aliphatic rings. The molecule has 0 atom stereocenters. The molecule has 0 spiro atoms. The van der Waals surface area contributed by atoms with Crippen LogP contribution in [0.5, 0.6) is 0 Å². The van der Waals surface area contributed by atoms with Crippen LogP contribution in [-0.2, 0) is 16.6 Å². The lowest BCUT2D eigenvalue weighted by atomic mass is 10.2. The largest absolute Gasteiger partial charge is 0.441 e. The maximum Gasteiger partial charge on any atom is 0.226 e. The third-order valence-electron chi connectivity index (χ3n) is 4.30. The summed E-state index contributed by atoms with van der Waals surface area (Å²) < 4.78 is 30.8. The van der Waals surface area contributed by atoms with Crippen LogP contribution in [0.15, 0.2) is 34.7 Å². The maximum atomic E-state index is 11.7. The van der Waals surface area contributed by atoms with Gasteiger partial charge in [0.2, 0.25) is 15.9 Å². The van der Waals surface area contributed by atoms with Crippen molar-refractivity contribution in [3.05, 3.63) is 41.8 Å². The number of hydrogen-bond acceptors (Lipinski definition) is 5. The van der Waals surface area contributed by atoms with Crippen molar-refractivity contribution in [3.63, 3.8) is 0 Å². The molecule has 1 aromatic heterocycles. The average molecular weight is 349 g/mol. The molecular formula is C17H23N3O3S. The first-order chi connectivity index (χ1) is 11.4. The molecule has 130 valence electrons. The lowest BCUT2D eigenvalue weighted by Gasteiger charge is -2.19. The molecule has 1 fully saturated rings. The molecule has 0 amide bonds. The van der Waals surface area contributed by atoms with Gasteiger partial charge in [-0.3, -0.25) is 4.90 Å². The van der Waals surface area contributed by atoms with Crippen molar-refractivity contribution >= 4 is 10.0 Å². The number of benzene rings is 1. The van der Waals surface area contributed by atoms with E-state index in [1.54, 1.807) is 4.31 Å². The van der Waals surface area contributed by atoms with Crippen LogP contribution in [0.25, 0.3) is 11.5 Å². The molecule has 24 heavy (non-hydrogen) atoms. The van der Waals surface area contributed by atoms with Gasteiger partial charge in [-0.15, -0.1) is 0 Å². The first-order valence-corrected chi connectivity index (χ1v) is 9.97. The van der Waals surface area contributed by atoms with Crippen molar-refractivity contribution in [2.45, 2.75) is 19.9 Å². The molecule has 0 saturated carbocycles. The standard InChI is InChI=1S/C17H23N3O3S/c1-14-16(18-17(23-14)15-7-4-3-5-8-15)13-19-9-6-10-20(12-11-19)24(2,21)22/h3-5,7-8H,6,9-13H2,1-2H3. The topological polar surface area (TPSA) is 66.7 Å². The van der Waals surface area contributed by atoms with E-state index in [0.717, 1.165) is 30.0 Å². The number of oxazole rings is 1. The van der Waals surface area contributed by atoms with Gasteiger partial charge >= 0.3 is 0 Å². The third-order valence-corrected chi connectivity index (χ3v) is 5.61. The molecule has 2 aromatic rings. The SMILES string of the molecule is Cc1oc(-c2ccccc2)nc1CN1CCCN(S(C)(=O)=O)CC1. The van der Waals surface area contributed by atoms with Gasteiger partial charge in [0.15, 0.2) is 0 Å². The molecule has 0 radical (unpaired) electrons. The van der Waals surface area contributed by atoms with Crippen LogP contribution in [0, 0.1) is 6.92 Å². The molecule has 3 rings (SSSR count). The fraction of sp³-hybridized carbons (Fsp3) is 0.471. The number of hydrogen-bond donors (Lipinski definition) is 0. The maximum absolute atomic E-state index is 11.7. The molecule has 2 heterocycles. The Bertz CT molecular complexity index is 787. The third kappa shape index (κ3) is 4.03. The minimum atomic E-state index is -3.11. The van der Waals surface area contributed by atoms with E-state index in [1.807, 2.05) is 37.3 Å². The monoisotopic (exact) mass is 349 g/mol. The Morgan fingerprint density at radius 1 is 1.12 bits per heavy atom. The summed E-state index contributed by atoms with van der Waals surface area (Å²) in [5.74, 6) is 1.45. The minimum absolute atomic E-state index is 0.529.